The number of methoxy groups -OCH3 is 1. The Hall–Kier alpha value is -1.39. The van der Waals surface area contributed by atoms with E-state index in [2.05, 4.69) is 15.6 Å². The molecule has 1 heterocycles. The number of benzene rings is 1. The van der Waals surface area contributed by atoms with Gasteiger partial charge < -0.3 is 14.0 Å². The predicted octanol–water partition coefficient (Wildman–Crippen LogP) is 2.40. The number of aromatic nitrogens is 2. The molecule has 4 nitrogen and oxygen atoms in total. The maximum atomic E-state index is 5.58. The highest BCUT2D eigenvalue weighted by Gasteiger charge is 2.05. The Morgan fingerprint density at radius 2 is 2.00 bits per heavy atom. The van der Waals surface area contributed by atoms with Gasteiger partial charge in [-0.15, -0.1) is 0 Å². The smallest absolute Gasteiger partial charge is 0.106 e. The minimum absolute atomic E-state index is 0.713. The van der Waals surface area contributed by atoms with Crippen LogP contribution in [0.3, 0.4) is 0 Å². The molecule has 18 heavy (non-hydrogen) atoms. The maximum absolute atomic E-state index is 5.58. The second-order valence-electron chi connectivity index (χ2n) is 4.26. The number of rotatable bonds is 7. The van der Waals surface area contributed by atoms with Crippen molar-refractivity contribution >= 4 is 11.0 Å². The van der Waals surface area contributed by atoms with Gasteiger partial charge in [-0.1, -0.05) is 12.1 Å². The van der Waals surface area contributed by atoms with Crippen LogP contribution >= 0.6 is 0 Å². The van der Waals surface area contributed by atoms with E-state index in [9.17, 15) is 0 Å². The first-order valence-electron chi connectivity index (χ1n) is 6.31. The lowest BCUT2D eigenvalue weighted by Gasteiger charge is -2.07. The van der Waals surface area contributed by atoms with Crippen LogP contribution in [0, 0.1) is 6.92 Å². The van der Waals surface area contributed by atoms with Crippen LogP contribution in [0.25, 0.3) is 11.0 Å². The summed E-state index contributed by atoms with van der Waals surface area (Å²) in [6.07, 6.45) is 0.945. The monoisotopic (exact) mass is 248 g/mol. The van der Waals surface area contributed by atoms with E-state index in [1.165, 1.54) is 5.52 Å². The molecule has 0 aliphatic rings. The molecule has 1 aromatic carbocycles. The van der Waals surface area contributed by atoms with Gasteiger partial charge in [-0.25, -0.2) is 4.98 Å². The van der Waals surface area contributed by atoms with Gasteiger partial charge in [0.25, 0.3) is 0 Å². The average Bonchev–Trinajstić information content (AvgIpc) is 2.70. The van der Waals surface area contributed by atoms with Crippen LogP contribution in [0.15, 0.2) is 24.3 Å². The van der Waals surface area contributed by atoms with Gasteiger partial charge in [-0.3, -0.25) is 0 Å². The largest absolute Gasteiger partial charge is 0.385 e. The Balaban J connectivity index is 1.89. The van der Waals surface area contributed by atoms with E-state index >= 15 is 0 Å². The minimum Gasteiger partial charge on any atom is -0.385 e. The zero-order valence-corrected chi connectivity index (χ0v) is 11.1. The first kappa shape index (κ1) is 13.1. The molecule has 0 saturated heterocycles. The van der Waals surface area contributed by atoms with Crippen molar-refractivity contribution in [3.05, 3.63) is 30.1 Å². The van der Waals surface area contributed by atoms with E-state index in [0.717, 1.165) is 37.5 Å². The lowest BCUT2D eigenvalue weighted by molar-refractivity contribution is 0.0979. The molecular weight excluding hydrogens is 228 g/mol. The second kappa shape index (κ2) is 6.52. The molecule has 0 aliphatic heterocycles. The van der Waals surface area contributed by atoms with Gasteiger partial charge in [-0.05, 0) is 25.5 Å². The molecule has 2 rings (SSSR count). The summed E-state index contributed by atoms with van der Waals surface area (Å²) in [6, 6.07) is 8.19. The second-order valence-corrected chi connectivity index (χ2v) is 4.26. The Bertz CT molecular complexity index is 493. The zero-order chi connectivity index (χ0) is 12.8. The summed E-state index contributed by atoms with van der Waals surface area (Å²) in [5.74, 6) is 1.04. The van der Waals surface area contributed by atoms with Gasteiger partial charge in [0.2, 0.25) is 0 Å². The van der Waals surface area contributed by atoms with Crippen molar-refractivity contribution in [3.63, 3.8) is 0 Å². The fourth-order valence-electron chi connectivity index (χ4n) is 2.04. The van der Waals surface area contributed by atoms with Gasteiger partial charge in [0.05, 0.1) is 17.6 Å². The highest BCUT2D eigenvalue weighted by atomic mass is 16.5. The maximum Gasteiger partial charge on any atom is 0.106 e. The summed E-state index contributed by atoms with van der Waals surface area (Å²) in [5, 5.41) is 0. The molecule has 0 spiro atoms. The highest BCUT2D eigenvalue weighted by molar-refractivity contribution is 5.75. The highest BCUT2D eigenvalue weighted by Crippen LogP contribution is 2.14. The van der Waals surface area contributed by atoms with E-state index in [4.69, 9.17) is 9.47 Å². The third-order valence-electron chi connectivity index (χ3n) is 2.94. The molecule has 0 bridgehead atoms. The summed E-state index contributed by atoms with van der Waals surface area (Å²) in [7, 11) is 1.71. The SMILES string of the molecule is COCCCOCCn1c(C)nc2ccccc21. The van der Waals surface area contributed by atoms with Crippen LogP contribution in [-0.2, 0) is 16.0 Å². The van der Waals surface area contributed by atoms with E-state index in [1.54, 1.807) is 7.11 Å². The number of hydrogen-bond acceptors (Lipinski definition) is 3. The molecular formula is C14H20N2O2. The lowest BCUT2D eigenvalue weighted by atomic mass is 10.3. The fraction of sp³-hybridized carbons (Fsp3) is 0.500. The van der Waals surface area contributed by atoms with Gasteiger partial charge in [0, 0.05) is 26.9 Å². The Morgan fingerprint density at radius 1 is 1.17 bits per heavy atom. The van der Waals surface area contributed by atoms with E-state index in [1.807, 2.05) is 25.1 Å². The normalized spacial score (nSPS) is 11.2. The van der Waals surface area contributed by atoms with Crippen molar-refractivity contribution in [1.29, 1.82) is 0 Å². The average molecular weight is 248 g/mol. The van der Waals surface area contributed by atoms with E-state index in [0.29, 0.717) is 6.61 Å². The number of fused-ring (bicyclic) bond motifs is 1. The molecule has 2 aromatic rings. The van der Waals surface area contributed by atoms with Gasteiger partial charge >= 0.3 is 0 Å². The van der Waals surface area contributed by atoms with Crippen LogP contribution in [0.1, 0.15) is 12.2 Å². The molecule has 0 radical (unpaired) electrons. The van der Waals surface area contributed by atoms with E-state index < -0.39 is 0 Å². The minimum atomic E-state index is 0.713. The molecule has 0 amide bonds. The summed E-state index contributed by atoms with van der Waals surface area (Å²) in [4.78, 5) is 4.53. The van der Waals surface area contributed by atoms with Crippen molar-refractivity contribution in [2.45, 2.75) is 19.9 Å². The van der Waals surface area contributed by atoms with Crippen LogP contribution < -0.4 is 0 Å². The quantitative estimate of drug-likeness (QED) is 0.706. The Labute approximate surface area is 108 Å². The number of ether oxygens (including phenoxy) is 2. The third-order valence-corrected chi connectivity index (χ3v) is 2.94. The van der Waals surface area contributed by atoms with Crippen LogP contribution in [-0.4, -0.2) is 36.5 Å². The Kier molecular flexibility index (Phi) is 4.73. The molecule has 0 fully saturated rings. The third kappa shape index (κ3) is 3.09. The molecule has 0 atom stereocenters. The van der Waals surface area contributed by atoms with Crippen LogP contribution in [0.4, 0.5) is 0 Å². The molecule has 98 valence electrons. The van der Waals surface area contributed by atoms with Crippen molar-refractivity contribution < 1.29 is 9.47 Å². The van der Waals surface area contributed by atoms with Crippen molar-refractivity contribution in [2.24, 2.45) is 0 Å². The van der Waals surface area contributed by atoms with Crippen LogP contribution in [0.2, 0.25) is 0 Å². The number of aryl methyl sites for hydroxylation is 1. The van der Waals surface area contributed by atoms with Crippen LogP contribution in [0.5, 0.6) is 0 Å². The fourth-order valence-corrected chi connectivity index (χ4v) is 2.04. The molecule has 4 heteroatoms. The van der Waals surface area contributed by atoms with E-state index in [-0.39, 0.29) is 0 Å². The van der Waals surface area contributed by atoms with Crippen molar-refractivity contribution in [3.8, 4) is 0 Å². The Morgan fingerprint density at radius 3 is 2.83 bits per heavy atom. The number of imidazole rings is 1. The number of hydrogen-bond donors (Lipinski definition) is 0. The molecule has 0 N–H and O–H groups in total. The van der Waals surface area contributed by atoms with Crippen molar-refractivity contribution in [1.82, 2.24) is 9.55 Å². The van der Waals surface area contributed by atoms with Crippen molar-refractivity contribution in [2.75, 3.05) is 26.9 Å². The summed E-state index contributed by atoms with van der Waals surface area (Å²) >= 11 is 0. The number of para-hydroxylation sites is 2. The summed E-state index contributed by atoms with van der Waals surface area (Å²) in [6.45, 7) is 5.10. The zero-order valence-electron chi connectivity index (χ0n) is 11.1. The standard InChI is InChI=1S/C14H20N2O2/c1-12-15-13-6-3-4-7-14(13)16(12)8-11-18-10-5-9-17-2/h3-4,6-7H,5,8-11H2,1-2H3. The lowest BCUT2D eigenvalue weighted by Crippen LogP contribution is -2.09. The topological polar surface area (TPSA) is 36.3 Å². The molecule has 0 unspecified atom stereocenters. The molecule has 0 saturated carbocycles. The first-order valence-corrected chi connectivity index (χ1v) is 6.31. The van der Waals surface area contributed by atoms with Gasteiger partial charge in [-0.2, -0.15) is 0 Å². The van der Waals surface area contributed by atoms with Gasteiger partial charge in [0.1, 0.15) is 5.82 Å². The molecule has 1 aromatic heterocycles. The summed E-state index contributed by atoms with van der Waals surface area (Å²) < 4.78 is 12.8. The van der Waals surface area contributed by atoms with Gasteiger partial charge in [0.15, 0.2) is 0 Å². The predicted molar refractivity (Wildman–Crippen MR) is 71.8 cm³/mol. The number of nitrogens with zero attached hydrogens (tertiary/aromatic N) is 2. The first-order chi connectivity index (χ1) is 8.83. The molecule has 0 aliphatic carbocycles. The summed E-state index contributed by atoms with van der Waals surface area (Å²) in [5.41, 5.74) is 2.23.